The Labute approximate surface area is 137 Å². The van der Waals surface area contributed by atoms with E-state index in [1.54, 1.807) is 0 Å². The van der Waals surface area contributed by atoms with Gasteiger partial charge in [0.05, 0.1) is 12.0 Å². The Morgan fingerprint density at radius 1 is 1.28 bits per heavy atom. The molecule has 9 heteroatoms. The Hall–Kier alpha value is -2.29. The molecule has 1 unspecified atom stereocenters. The maximum Gasteiger partial charge on any atom is 0.418 e. The summed E-state index contributed by atoms with van der Waals surface area (Å²) in [6.07, 6.45) is -8.19. The molecule has 2 aromatic rings. The highest BCUT2D eigenvalue weighted by atomic mass is 19.4. The largest absolute Gasteiger partial charge is 0.418 e. The monoisotopic (exact) mass is 363 g/mol. The van der Waals surface area contributed by atoms with Gasteiger partial charge in [-0.1, -0.05) is 0 Å². The van der Waals surface area contributed by atoms with Gasteiger partial charge in [0.2, 0.25) is 0 Å². The maximum absolute atomic E-state index is 13.8. The fraction of sp³-hybridized carbons (Fsp3) is 0.312. The number of Topliss-reactive ketones (excluding diaryl/α,β-unsaturated/α-hetero) is 1. The fourth-order valence-electron chi connectivity index (χ4n) is 2.95. The van der Waals surface area contributed by atoms with Crippen molar-refractivity contribution in [3.05, 3.63) is 52.6 Å². The summed E-state index contributed by atoms with van der Waals surface area (Å²) < 4.78 is 81.5. The summed E-state index contributed by atoms with van der Waals surface area (Å²) in [5.41, 5.74) is -3.13. The second-order valence-corrected chi connectivity index (χ2v) is 5.87. The number of carbonyl (C=O) groups is 1. The van der Waals surface area contributed by atoms with E-state index in [1.165, 1.54) is 0 Å². The van der Waals surface area contributed by atoms with Gasteiger partial charge in [-0.25, -0.2) is 13.2 Å². The third-order valence-corrected chi connectivity index (χ3v) is 4.10. The number of carbonyl (C=O) groups excluding carboxylic acids is 1. The molecule has 0 saturated carbocycles. The summed E-state index contributed by atoms with van der Waals surface area (Å²) in [4.78, 5) is 11.4. The molecule has 25 heavy (non-hydrogen) atoms. The number of ketones is 1. The van der Waals surface area contributed by atoms with Crippen LogP contribution in [-0.2, 0) is 12.6 Å². The molecule has 1 aromatic carbocycles. The molecule has 1 aliphatic rings. The standard InChI is InChI=1S/C16H11F6NO2/c1-7(24)8-2-9(17)4-10(3-8)23-6-11(16(20,21)22)13-12(23)5-15(18,19)14(13)25/h2-4,6,14,25H,5H2,1H3. The zero-order valence-corrected chi connectivity index (χ0v) is 12.7. The number of benzene rings is 1. The minimum atomic E-state index is -4.98. The summed E-state index contributed by atoms with van der Waals surface area (Å²) in [7, 11) is 0. The van der Waals surface area contributed by atoms with Gasteiger partial charge in [0, 0.05) is 28.7 Å². The Morgan fingerprint density at radius 2 is 1.92 bits per heavy atom. The number of aliphatic hydroxyl groups is 1. The van der Waals surface area contributed by atoms with Gasteiger partial charge >= 0.3 is 6.18 Å². The van der Waals surface area contributed by atoms with Crippen LogP contribution in [-0.4, -0.2) is 21.4 Å². The summed E-state index contributed by atoms with van der Waals surface area (Å²) in [5.74, 6) is -5.21. The van der Waals surface area contributed by atoms with Crippen molar-refractivity contribution in [2.75, 3.05) is 0 Å². The van der Waals surface area contributed by atoms with Gasteiger partial charge in [-0.2, -0.15) is 13.2 Å². The topological polar surface area (TPSA) is 42.2 Å². The van der Waals surface area contributed by atoms with Crippen molar-refractivity contribution in [3.8, 4) is 5.69 Å². The van der Waals surface area contributed by atoms with E-state index in [0.717, 1.165) is 29.7 Å². The highest BCUT2D eigenvalue weighted by Gasteiger charge is 2.53. The van der Waals surface area contributed by atoms with Crippen LogP contribution in [0.15, 0.2) is 24.4 Å². The van der Waals surface area contributed by atoms with E-state index in [1.807, 2.05) is 0 Å². The van der Waals surface area contributed by atoms with Crippen LogP contribution in [0.2, 0.25) is 0 Å². The lowest BCUT2D eigenvalue weighted by molar-refractivity contribution is -0.142. The molecule has 134 valence electrons. The van der Waals surface area contributed by atoms with Crippen molar-refractivity contribution in [3.63, 3.8) is 0 Å². The molecule has 0 spiro atoms. The Kier molecular flexibility index (Phi) is 3.75. The number of halogens is 6. The molecule has 0 bridgehead atoms. The third kappa shape index (κ3) is 2.82. The van der Waals surface area contributed by atoms with Crippen molar-refractivity contribution in [2.45, 2.75) is 31.5 Å². The molecule has 0 radical (unpaired) electrons. The number of hydrogen-bond acceptors (Lipinski definition) is 2. The first kappa shape index (κ1) is 17.5. The van der Waals surface area contributed by atoms with Crippen LogP contribution >= 0.6 is 0 Å². The van der Waals surface area contributed by atoms with Gasteiger partial charge in [0.1, 0.15) is 11.9 Å². The average Bonchev–Trinajstić information content (AvgIpc) is 2.93. The Balaban J connectivity index is 2.27. The first-order valence-electron chi connectivity index (χ1n) is 7.11. The van der Waals surface area contributed by atoms with Gasteiger partial charge in [-0.3, -0.25) is 4.79 Å². The van der Waals surface area contributed by atoms with Crippen LogP contribution in [0.1, 0.15) is 40.2 Å². The predicted octanol–water partition coefficient (Wildman–Crippen LogP) is 4.06. The van der Waals surface area contributed by atoms with Crippen LogP contribution in [0.5, 0.6) is 0 Å². The molecule has 3 rings (SSSR count). The lowest BCUT2D eigenvalue weighted by Crippen LogP contribution is -2.24. The van der Waals surface area contributed by atoms with Gasteiger partial charge in [0.15, 0.2) is 5.78 Å². The van der Waals surface area contributed by atoms with Crippen LogP contribution in [0.4, 0.5) is 26.3 Å². The van der Waals surface area contributed by atoms with Crippen molar-refractivity contribution in [1.82, 2.24) is 4.57 Å². The number of hydrogen-bond donors (Lipinski definition) is 1. The second-order valence-electron chi connectivity index (χ2n) is 5.87. The van der Waals surface area contributed by atoms with Crippen LogP contribution in [0, 0.1) is 5.82 Å². The summed E-state index contributed by atoms with van der Waals surface area (Å²) in [6, 6.07) is 2.83. The smallest absolute Gasteiger partial charge is 0.382 e. The summed E-state index contributed by atoms with van der Waals surface area (Å²) in [6.45, 7) is 1.14. The predicted molar refractivity (Wildman–Crippen MR) is 74.3 cm³/mol. The summed E-state index contributed by atoms with van der Waals surface area (Å²) in [5, 5.41) is 9.62. The molecule has 0 saturated heterocycles. The van der Waals surface area contributed by atoms with E-state index in [9.17, 15) is 36.2 Å². The molecule has 1 N–H and O–H groups in total. The number of rotatable bonds is 2. The van der Waals surface area contributed by atoms with Gasteiger partial charge in [-0.05, 0) is 25.1 Å². The molecule has 1 atom stereocenters. The van der Waals surface area contributed by atoms with Gasteiger partial charge in [-0.15, -0.1) is 0 Å². The molecular weight excluding hydrogens is 352 g/mol. The molecule has 0 amide bonds. The number of aliphatic hydroxyl groups excluding tert-OH is 1. The Bertz CT molecular complexity index is 868. The van der Waals surface area contributed by atoms with Crippen LogP contribution < -0.4 is 0 Å². The summed E-state index contributed by atoms with van der Waals surface area (Å²) >= 11 is 0. The zero-order valence-electron chi connectivity index (χ0n) is 12.7. The number of nitrogens with zero attached hydrogens (tertiary/aromatic N) is 1. The van der Waals surface area contributed by atoms with E-state index < -0.39 is 53.0 Å². The number of fused-ring (bicyclic) bond motifs is 1. The van der Waals surface area contributed by atoms with Crippen molar-refractivity contribution in [2.24, 2.45) is 0 Å². The normalized spacial score (nSPS) is 19.1. The van der Waals surface area contributed by atoms with E-state index in [2.05, 4.69) is 0 Å². The highest BCUT2D eigenvalue weighted by Crippen LogP contribution is 2.49. The van der Waals surface area contributed by atoms with Crippen molar-refractivity contribution >= 4 is 5.78 Å². The third-order valence-electron chi connectivity index (χ3n) is 4.10. The maximum atomic E-state index is 13.8. The van der Waals surface area contributed by atoms with Gasteiger partial charge in [0.25, 0.3) is 5.92 Å². The fourth-order valence-corrected chi connectivity index (χ4v) is 2.95. The number of aromatic nitrogens is 1. The van der Waals surface area contributed by atoms with E-state index in [-0.39, 0.29) is 11.3 Å². The molecular formula is C16H11F6NO2. The SMILES string of the molecule is CC(=O)c1cc(F)cc(-n2cc(C(F)(F)F)c3c2CC(F)(F)C3O)c1. The van der Waals surface area contributed by atoms with Crippen molar-refractivity contribution in [1.29, 1.82) is 0 Å². The molecule has 1 heterocycles. The minimum absolute atomic E-state index is 0.115. The van der Waals surface area contributed by atoms with Crippen molar-refractivity contribution < 1.29 is 36.2 Å². The molecule has 0 aliphatic heterocycles. The first-order chi connectivity index (χ1) is 11.4. The van der Waals surface area contributed by atoms with E-state index in [4.69, 9.17) is 0 Å². The highest BCUT2D eigenvalue weighted by molar-refractivity contribution is 5.94. The minimum Gasteiger partial charge on any atom is -0.382 e. The first-order valence-corrected chi connectivity index (χ1v) is 7.11. The lowest BCUT2D eigenvalue weighted by Gasteiger charge is -2.16. The second kappa shape index (κ2) is 5.35. The quantitative estimate of drug-likeness (QED) is 0.646. The average molecular weight is 363 g/mol. The van der Waals surface area contributed by atoms with Gasteiger partial charge < -0.3 is 9.67 Å². The van der Waals surface area contributed by atoms with E-state index in [0.29, 0.717) is 6.20 Å². The number of alkyl halides is 5. The molecule has 3 nitrogen and oxygen atoms in total. The van der Waals surface area contributed by atoms with E-state index >= 15 is 0 Å². The molecule has 1 aromatic heterocycles. The zero-order chi connectivity index (χ0) is 18.7. The molecule has 1 aliphatic carbocycles. The molecule has 0 fully saturated rings. The Morgan fingerprint density at radius 3 is 2.48 bits per heavy atom. The van der Waals surface area contributed by atoms with Crippen LogP contribution in [0.3, 0.4) is 0 Å². The van der Waals surface area contributed by atoms with Crippen LogP contribution in [0.25, 0.3) is 5.69 Å². The lowest BCUT2D eigenvalue weighted by atomic mass is 10.1.